The zero-order valence-electron chi connectivity index (χ0n) is 13.2. The lowest BCUT2D eigenvalue weighted by atomic mass is 9.94. The van der Waals surface area contributed by atoms with Gasteiger partial charge in [0.15, 0.2) is 0 Å². The van der Waals surface area contributed by atoms with E-state index in [-0.39, 0.29) is 17.9 Å². The molecule has 2 N–H and O–H groups in total. The van der Waals surface area contributed by atoms with Crippen LogP contribution < -0.4 is 5.73 Å². The van der Waals surface area contributed by atoms with Crippen LogP contribution in [0.15, 0.2) is 18.2 Å². The van der Waals surface area contributed by atoms with Crippen molar-refractivity contribution in [3.05, 3.63) is 29.6 Å². The molecule has 0 radical (unpaired) electrons. The molecule has 0 aliphatic heterocycles. The van der Waals surface area contributed by atoms with Gasteiger partial charge in [-0.3, -0.25) is 9.78 Å². The van der Waals surface area contributed by atoms with E-state index < -0.39 is 0 Å². The molecule has 1 aliphatic rings. The summed E-state index contributed by atoms with van der Waals surface area (Å²) in [6, 6.07) is 5.96. The molecule has 1 heterocycles. The van der Waals surface area contributed by atoms with Gasteiger partial charge in [-0.2, -0.15) is 0 Å². The van der Waals surface area contributed by atoms with Crippen LogP contribution in [0.5, 0.6) is 0 Å². The molecular weight excluding hydrogens is 262 g/mol. The Morgan fingerprint density at radius 1 is 1.33 bits per heavy atom. The van der Waals surface area contributed by atoms with E-state index in [0.717, 1.165) is 37.1 Å². The van der Waals surface area contributed by atoms with Gasteiger partial charge in [-0.1, -0.05) is 25.3 Å². The molecular formula is C17H27N3O. The van der Waals surface area contributed by atoms with Crippen molar-refractivity contribution in [1.82, 2.24) is 9.88 Å². The fourth-order valence-corrected chi connectivity index (χ4v) is 3.11. The number of hydrogen-bond acceptors (Lipinski definition) is 3. The Balaban J connectivity index is 2.07. The van der Waals surface area contributed by atoms with Crippen molar-refractivity contribution < 1.29 is 4.79 Å². The topological polar surface area (TPSA) is 59.2 Å². The van der Waals surface area contributed by atoms with Gasteiger partial charge in [0.1, 0.15) is 0 Å². The molecule has 0 saturated heterocycles. The first-order valence-electron chi connectivity index (χ1n) is 8.08. The largest absolute Gasteiger partial charge is 0.337 e. The average molecular weight is 289 g/mol. The summed E-state index contributed by atoms with van der Waals surface area (Å²) in [4.78, 5) is 19.2. The van der Waals surface area contributed by atoms with Crippen molar-refractivity contribution in [2.75, 3.05) is 6.54 Å². The number of aromatic nitrogens is 1. The molecule has 0 bridgehead atoms. The predicted molar refractivity (Wildman–Crippen MR) is 84.6 cm³/mol. The summed E-state index contributed by atoms with van der Waals surface area (Å²) < 4.78 is 0. The molecule has 4 nitrogen and oxygen atoms in total. The quantitative estimate of drug-likeness (QED) is 0.867. The van der Waals surface area contributed by atoms with Gasteiger partial charge in [-0.25, -0.2) is 0 Å². The van der Waals surface area contributed by atoms with E-state index in [1.807, 2.05) is 36.9 Å². The summed E-state index contributed by atoms with van der Waals surface area (Å²) in [6.07, 6.45) is 5.36. The van der Waals surface area contributed by atoms with Crippen LogP contribution >= 0.6 is 0 Å². The molecule has 4 heteroatoms. The first-order chi connectivity index (χ1) is 10.1. The SMILES string of the molecule is CCN(Cc1cccc(C)n1)C(=O)C1CCCCCC1N. The van der Waals surface area contributed by atoms with Crippen LogP contribution in [0.4, 0.5) is 0 Å². The van der Waals surface area contributed by atoms with Crippen LogP contribution in [0, 0.1) is 12.8 Å². The molecule has 1 aliphatic carbocycles. The van der Waals surface area contributed by atoms with Gasteiger partial charge in [0.05, 0.1) is 18.2 Å². The maximum absolute atomic E-state index is 12.8. The minimum absolute atomic E-state index is 0.0134. The first-order valence-corrected chi connectivity index (χ1v) is 8.08. The lowest BCUT2D eigenvalue weighted by molar-refractivity contribution is -0.136. The predicted octanol–water partition coefficient (Wildman–Crippen LogP) is 2.65. The molecule has 2 rings (SSSR count). The number of aryl methyl sites for hydroxylation is 1. The van der Waals surface area contributed by atoms with Crippen molar-refractivity contribution >= 4 is 5.91 Å². The summed E-state index contributed by atoms with van der Waals surface area (Å²) in [5, 5.41) is 0. The van der Waals surface area contributed by atoms with Gasteiger partial charge in [-0.15, -0.1) is 0 Å². The van der Waals surface area contributed by atoms with E-state index in [2.05, 4.69) is 4.98 Å². The second-order valence-electron chi connectivity index (χ2n) is 6.03. The van der Waals surface area contributed by atoms with Crippen LogP contribution in [0.2, 0.25) is 0 Å². The van der Waals surface area contributed by atoms with Crippen molar-refractivity contribution in [3.8, 4) is 0 Å². The molecule has 0 aromatic carbocycles. The standard InChI is InChI=1S/C17H27N3O/c1-3-20(12-14-9-7-8-13(2)19-14)17(21)15-10-5-4-6-11-16(15)18/h7-9,15-16H,3-6,10-12,18H2,1-2H3. The molecule has 21 heavy (non-hydrogen) atoms. The Morgan fingerprint density at radius 2 is 2.10 bits per heavy atom. The number of hydrogen-bond donors (Lipinski definition) is 1. The smallest absolute Gasteiger partial charge is 0.227 e. The number of rotatable bonds is 4. The Bertz CT molecular complexity index is 475. The number of nitrogens with zero attached hydrogens (tertiary/aromatic N) is 2. The number of amides is 1. The van der Waals surface area contributed by atoms with Crippen LogP contribution in [-0.2, 0) is 11.3 Å². The highest BCUT2D eigenvalue weighted by Gasteiger charge is 2.30. The van der Waals surface area contributed by atoms with Gasteiger partial charge in [-0.05, 0) is 38.8 Å². The van der Waals surface area contributed by atoms with Crippen molar-refractivity contribution in [1.29, 1.82) is 0 Å². The molecule has 1 aromatic heterocycles. The lowest BCUT2D eigenvalue weighted by Crippen LogP contribution is -2.43. The molecule has 1 aromatic rings. The van der Waals surface area contributed by atoms with E-state index in [9.17, 15) is 4.79 Å². The first kappa shape index (κ1) is 16.0. The van der Waals surface area contributed by atoms with E-state index in [0.29, 0.717) is 13.1 Å². The molecule has 1 saturated carbocycles. The van der Waals surface area contributed by atoms with Gasteiger partial charge in [0, 0.05) is 18.3 Å². The lowest BCUT2D eigenvalue weighted by Gasteiger charge is -2.28. The summed E-state index contributed by atoms with van der Waals surface area (Å²) in [5.74, 6) is 0.187. The van der Waals surface area contributed by atoms with Gasteiger partial charge in [0.25, 0.3) is 0 Å². The Labute approximate surface area is 127 Å². The summed E-state index contributed by atoms with van der Waals surface area (Å²) in [6.45, 7) is 5.29. The second-order valence-corrected chi connectivity index (χ2v) is 6.03. The third kappa shape index (κ3) is 4.27. The Kier molecular flexibility index (Phi) is 5.74. The third-order valence-corrected chi connectivity index (χ3v) is 4.38. The Morgan fingerprint density at radius 3 is 2.81 bits per heavy atom. The van der Waals surface area contributed by atoms with Crippen molar-refractivity contribution in [2.24, 2.45) is 11.7 Å². The zero-order chi connectivity index (χ0) is 15.2. The van der Waals surface area contributed by atoms with Gasteiger partial charge >= 0.3 is 0 Å². The minimum Gasteiger partial charge on any atom is -0.337 e. The van der Waals surface area contributed by atoms with Crippen molar-refractivity contribution in [3.63, 3.8) is 0 Å². The number of nitrogens with two attached hydrogens (primary N) is 1. The maximum Gasteiger partial charge on any atom is 0.227 e. The van der Waals surface area contributed by atoms with E-state index in [4.69, 9.17) is 5.73 Å². The highest BCUT2D eigenvalue weighted by Crippen LogP contribution is 2.24. The highest BCUT2D eigenvalue weighted by atomic mass is 16.2. The van der Waals surface area contributed by atoms with E-state index in [1.165, 1.54) is 6.42 Å². The van der Waals surface area contributed by atoms with E-state index in [1.54, 1.807) is 0 Å². The van der Waals surface area contributed by atoms with Crippen LogP contribution in [0.3, 0.4) is 0 Å². The minimum atomic E-state index is -0.0164. The van der Waals surface area contributed by atoms with Crippen LogP contribution in [-0.4, -0.2) is 28.4 Å². The molecule has 116 valence electrons. The normalized spacial score (nSPS) is 22.6. The average Bonchev–Trinajstić information content (AvgIpc) is 2.69. The Hall–Kier alpha value is -1.42. The second kappa shape index (κ2) is 7.55. The monoisotopic (exact) mass is 289 g/mol. The van der Waals surface area contributed by atoms with Crippen LogP contribution in [0.25, 0.3) is 0 Å². The summed E-state index contributed by atoms with van der Waals surface area (Å²) in [5.41, 5.74) is 8.17. The maximum atomic E-state index is 12.8. The summed E-state index contributed by atoms with van der Waals surface area (Å²) >= 11 is 0. The van der Waals surface area contributed by atoms with Gasteiger partial charge in [0.2, 0.25) is 5.91 Å². The number of pyridine rings is 1. The number of carbonyl (C=O) groups excluding carboxylic acids is 1. The summed E-state index contributed by atoms with van der Waals surface area (Å²) in [7, 11) is 0. The molecule has 1 fully saturated rings. The zero-order valence-corrected chi connectivity index (χ0v) is 13.2. The van der Waals surface area contributed by atoms with Crippen LogP contribution in [0.1, 0.15) is 50.4 Å². The fraction of sp³-hybridized carbons (Fsp3) is 0.647. The molecule has 0 spiro atoms. The number of carbonyl (C=O) groups is 1. The van der Waals surface area contributed by atoms with E-state index >= 15 is 0 Å². The van der Waals surface area contributed by atoms with Gasteiger partial charge < -0.3 is 10.6 Å². The highest BCUT2D eigenvalue weighted by molar-refractivity contribution is 5.79. The fourth-order valence-electron chi connectivity index (χ4n) is 3.11. The third-order valence-electron chi connectivity index (χ3n) is 4.38. The molecule has 2 atom stereocenters. The molecule has 1 amide bonds. The molecule has 2 unspecified atom stereocenters. The van der Waals surface area contributed by atoms with Crippen molar-refractivity contribution in [2.45, 2.75) is 58.5 Å².